The van der Waals surface area contributed by atoms with Crippen LogP contribution < -0.4 is 9.47 Å². The molecule has 4 atom stereocenters. The summed E-state index contributed by atoms with van der Waals surface area (Å²) in [6, 6.07) is 46.5. The Balaban J connectivity index is 0.863. The summed E-state index contributed by atoms with van der Waals surface area (Å²) in [4.78, 5) is 14.6. The number of nitrogens with zero attached hydrogens (tertiary/aromatic N) is 6. The van der Waals surface area contributed by atoms with Crippen molar-refractivity contribution in [2.45, 2.75) is 51.1 Å². The largest absolute Gasteiger partial charge is 0.507 e. The number of aromatic hydroxyl groups is 2. The third-order valence-corrected chi connectivity index (χ3v) is 13.4. The lowest BCUT2D eigenvalue weighted by Crippen LogP contribution is -2.17. The summed E-state index contributed by atoms with van der Waals surface area (Å²) in [5.41, 5.74) is 7.39. The Morgan fingerprint density at radius 3 is 1.26 bits per heavy atom. The fourth-order valence-electron chi connectivity index (χ4n) is 9.15. The van der Waals surface area contributed by atoms with Crippen LogP contribution in [0.25, 0.3) is 45.0 Å². The summed E-state index contributed by atoms with van der Waals surface area (Å²) < 4.78 is 41.1. The number of aromatic nitrogens is 8. The monoisotopic (exact) mass is 1020 g/mol. The highest BCUT2D eigenvalue weighted by Gasteiger charge is 2.31. The summed E-state index contributed by atoms with van der Waals surface area (Å²) in [6.45, 7) is 3.45. The number of tetrazole rings is 2. The molecule has 15 nitrogen and oxygen atoms in total. The van der Waals surface area contributed by atoms with Gasteiger partial charge in [-0.25, -0.2) is 8.78 Å². The number of ether oxygens (including phenoxy) is 2. The number of H-pyrrole nitrogens is 2. The molecule has 8 aromatic carbocycles. The van der Waals surface area contributed by atoms with Crippen molar-refractivity contribution in [1.82, 2.24) is 41.2 Å². The van der Waals surface area contributed by atoms with Crippen LogP contribution in [0, 0.1) is 11.6 Å². The van der Waals surface area contributed by atoms with Gasteiger partial charge in [0.15, 0.2) is 0 Å². The van der Waals surface area contributed by atoms with Crippen molar-refractivity contribution in [3.8, 4) is 68.0 Å². The molecule has 0 aliphatic heterocycles. The zero-order valence-corrected chi connectivity index (χ0v) is 40.8. The van der Waals surface area contributed by atoms with Gasteiger partial charge in [0.05, 0.1) is 11.1 Å². The molecule has 0 fully saturated rings. The minimum atomic E-state index is -0.941. The Hall–Kier alpha value is -9.45. The van der Waals surface area contributed by atoms with Gasteiger partial charge in [0.2, 0.25) is 11.6 Å². The first kappa shape index (κ1) is 50.1. The van der Waals surface area contributed by atoms with Crippen LogP contribution in [-0.2, 0) is 18.0 Å². The number of aliphatic hydroxyl groups is 2. The van der Waals surface area contributed by atoms with E-state index >= 15 is 0 Å². The molecule has 0 aliphatic rings. The Morgan fingerprint density at radius 2 is 0.895 bits per heavy atom. The highest BCUT2D eigenvalue weighted by molar-refractivity contribution is 5.94. The zero-order chi connectivity index (χ0) is 52.9. The SMILES string of the molecule is CC(C(=O)C(C)c1ccc(OCc2ccc(C(O)c3cccc(-c4nn[nH]n4)c3)cc2)c(-c2ccc(F)cc2)c1O)c1ccc(OCc2ccc(C(O)c3cccc(-c4nn[nH]n4)c3)cc2)c(-c2ccc(F)cc2)c1O. The minimum absolute atomic E-state index is 0.0640. The molecule has 76 heavy (non-hydrogen) atoms. The first-order chi connectivity index (χ1) is 36.9. The smallest absolute Gasteiger partial charge is 0.204 e. The van der Waals surface area contributed by atoms with Crippen LogP contribution in [0.2, 0.25) is 0 Å². The van der Waals surface area contributed by atoms with Crippen LogP contribution in [0.15, 0.2) is 170 Å². The lowest BCUT2D eigenvalue weighted by Gasteiger charge is -2.23. The molecular weight excluding hydrogens is 971 g/mol. The number of nitrogens with one attached hydrogen (secondary N) is 2. The van der Waals surface area contributed by atoms with Crippen molar-refractivity contribution in [1.29, 1.82) is 0 Å². The summed E-state index contributed by atoms with van der Waals surface area (Å²) in [5.74, 6) is -2.26. The first-order valence-corrected chi connectivity index (χ1v) is 24.1. The zero-order valence-electron chi connectivity index (χ0n) is 40.8. The molecule has 17 heteroatoms. The van der Waals surface area contributed by atoms with Crippen molar-refractivity contribution in [3.63, 3.8) is 0 Å². The van der Waals surface area contributed by atoms with E-state index in [9.17, 15) is 34.0 Å². The maximum absolute atomic E-state index is 14.6. The Bertz CT molecular complexity index is 3380. The van der Waals surface area contributed by atoms with Gasteiger partial charge in [-0.05, 0) is 103 Å². The number of hydrogen-bond donors (Lipinski definition) is 6. The predicted octanol–water partition coefficient (Wildman–Crippen LogP) is 10.9. The summed E-state index contributed by atoms with van der Waals surface area (Å²) >= 11 is 0. The van der Waals surface area contributed by atoms with Gasteiger partial charge >= 0.3 is 0 Å². The van der Waals surface area contributed by atoms with Crippen molar-refractivity contribution >= 4 is 5.78 Å². The Kier molecular flexibility index (Phi) is 14.5. The summed E-state index contributed by atoms with van der Waals surface area (Å²) in [7, 11) is 0. The van der Waals surface area contributed by atoms with Crippen molar-refractivity contribution in [2.75, 3.05) is 0 Å². The number of aromatic amines is 2. The molecule has 6 N–H and O–H groups in total. The molecule has 10 rings (SSSR count). The first-order valence-electron chi connectivity index (χ1n) is 24.1. The molecule has 0 spiro atoms. The van der Waals surface area contributed by atoms with Crippen molar-refractivity contribution in [2.24, 2.45) is 0 Å². The second-order valence-corrected chi connectivity index (χ2v) is 18.2. The van der Waals surface area contributed by atoms with Gasteiger partial charge in [-0.15, -0.1) is 20.4 Å². The molecule has 0 amide bonds. The number of ketones is 1. The number of hydrogen-bond acceptors (Lipinski definition) is 13. The number of benzene rings is 8. The molecule has 0 saturated carbocycles. The number of phenolic OH excluding ortho intramolecular Hbond substituents is 2. The molecular formula is C59H48F2N8O7. The number of halogens is 2. The van der Waals surface area contributed by atoms with Gasteiger partial charge in [-0.3, -0.25) is 4.79 Å². The molecule has 380 valence electrons. The maximum Gasteiger partial charge on any atom is 0.204 e. The average Bonchev–Trinajstić information content (AvgIpc) is 4.23. The van der Waals surface area contributed by atoms with Gasteiger partial charge in [0.25, 0.3) is 0 Å². The molecule has 0 radical (unpaired) electrons. The minimum Gasteiger partial charge on any atom is -0.507 e. The van der Waals surface area contributed by atoms with E-state index in [1.54, 1.807) is 98.8 Å². The van der Waals surface area contributed by atoms with E-state index in [4.69, 9.17) is 9.47 Å². The van der Waals surface area contributed by atoms with Gasteiger partial charge in [-0.1, -0.05) is 135 Å². The van der Waals surface area contributed by atoms with E-state index in [0.717, 1.165) is 11.1 Å². The maximum atomic E-state index is 14.6. The molecule has 0 saturated heterocycles. The van der Waals surface area contributed by atoms with E-state index in [1.165, 1.54) is 48.5 Å². The van der Waals surface area contributed by atoms with Gasteiger partial charge in [0, 0.05) is 34.1 Å². The third kappa shape index (κ3) is 10.6. The molecule has 2 heterocycles. The normalized spacial score (nSPS) is 12.9. The second-order valence-electron chi connectivity index (χ2n) is 18.2. The lowest BCUT2D eigenvalue weighted by molar-refractivity contribution is -0.121. The summed E-state index contributed by atoms with van der Waals surface area (Å²) in [6.07, 6.45) is -1.88. The topological polar surface area (TPSA) is 225 Å². The van der Waals surface area contributed by atoms with Crippen molar-refractivity contribution < 1.29 is 43.5 Å². The highest BCUT2D eigenvalue weighted by Crippen LogP contribution is 2.47. The van der Waals surface area contributed by atoms with Crippen LogP contribution in [0.5, 0.6) is 23.0 Å². The fourth-order valence-corrected chi connectivity index (χ4v) is 9.15. The Labute approximate surface area is 434 Å². The molecule has 10 aromatic rings. The van der Waals surface area contributed by atoms with Crippen LogP contribution >= 0.6 is 0 Å². The van der Waals surface area contributed by atoms with E-state index in [2.05, 4.69) is 41.2 Å². The standard InChI is InChI=1S/C59H48F2N8O7/c1-33(47-25-27-49(51(56(47)73)37-17-21-45(60)22-18-37)75-31-35-9-13-39(14-10-35)54(71)41-5-3-7-43(29-41)58-62-66-67-63-58)53(70)34(2)48-26-28-50(52(57(48)74)38-19-23-46(61)24-20-38)76-32-36-11-15-40(16-12-36)55(72)42-6-4-8-44(30-42)59-64-68-69-65-59/h3-30,33-34,54-55,71-74H,31-32H2,1-2H3,(H,62,63,66,67)(H,64,65,68,69). The number of Topliss-reactive ketones (excluding diaryl/α,β-unsaturated/α-hetero) is 1. The van der Waals surface area contributed by atoms with Crippen LogP contribution in [0.1, 0.15) is 82.4 Å². The van der Waals surface area contributed by atoms with Crippen LogP contribution in [-0.4, -0.2) is 67.5 Å². The number of rotatable bonds is 18. The van der Waals surface area contributed by atoms with Crippen molar-refractivity contribution in [3.05, 3.63) is 226 Å². The lowest BCUT2D eigenvalue weighted by atomic mass is 9.83. The predicted molar refractivity (Wildman–Crippen MR) is 278 cm³/mol. The number of phenols is 2. The Morgan fingerprint density at radius 1 is 0.500 bits per heavy atom. The second kappa shape index (κ2) is 21.9. The van der Waals surface area contributed by atoms with E-state index in [1.807, 2.05) is 36.4 Å². The molecule has 4 unspecified atom stereocenters. The average molecular weight is 1020 g/mol. The summed E-state index contributed by atoms with van der Waals surface area (Å²) in [5, 5.41) is 74.7. The van der Waals surface area contributed by atoms with E-state index in [0.29, 0.717) is 56.2 Å². The van der Waals surface area contributed by atoms with Crippen LogP contribution in [0.4, 0.5) is 8.78 Å². The third-order valence-electron chi connectivity index (χ3n) is 13.4. The quantitative estimate of drug-likeness (QED) is 0.0471. The number of carbonyl (C=O) groups excluding carboxylic acids is 1. The van der Waals surface area contributed by atoms with Gasteiger partial charge in [-0.2, -0.15) is 10.4 Å². The fraction of sp³-hybridized carbons (Fsp3) is 0.136. The molecule has 0 bridgehead atoms. The van der Waals surface area contributed by atoms with E-state index in [-0.39, 0.29) is 64.2 Å². The van der Waals surface area contributed by atoms with E-state index < -0.39 is 35.7 Å². The molecule has 0 aliphatic carbocycles. The highest BCUT2D eigenvalue weighted by atomic mass is 19.1. The molecule has 2 aromatic heterocycles. The van der Waals surface area contributed by atoms with Crippen LogP contribution in [0.3, 0.4) is 0 Å². The number of aliphatic hydroxyl groups excluding tert-OH is 2. The van der Waals surface area contributed by atoms with Gasteiger partial charge < -0.3 is 29.9 Å². The van der Waals surface area contributed by atoms with Gasteiger partial charge in [0.1, 0.15) is 65.8 Å². The number of carbonyl (C=O) groups is 1.